The van der Waals surface area contributed by atoms with Gasteiger partial charge in [-0.15, -0.1) is 0 Å². The van der Waals surface area contributed by atoms with Crippen LogP contribution >= 0.6 is 15.9 Å². The Hall–Kier alpha value is -2.13. The van der Waals surface area contributed by atoms with Crippen LogP contribution in [0.3, 0.4) is 0 Å². The highest BCUT2D eigenvalue weighted by Crippen LogP contribution is 2.28. The molecule has 0 N–H and O–H groups in total. The number of halogens is 1. The van der Waals surface area contributed by atoms with Gasteiger partial charge in [0.25, 0.3) is 0 Å². The maximum atomic E-state index is 4.65. The Balaban J connectivity index is 2.01. The lowest BCUT2D eigenvalue weighted by molar-refractivity contribution is 1.16. The zero-order chi connectivity index (χ0) is 13.5. The fraction of sp³-hybridized carbons (Fsp3) is 0. The monoisotopic (exact) mass is 322 g/mol. The second-order valence-corrected chi connectivity index (χ2v) is 5.50. The first kappa shape index (κ1) is 11.7. The molecule has 4 rings (SSSR count). The van der Waals surface area contributed by atoms with Gasteiger partial charge in [-0.05, 0) is 44.9 Å². The molecule has 0 fully saturated rings. The van der Waals surface area contributed by atoms with Gasteiger partial charge >= 0.3 is 0 Å². The summed E-state index contributed by atoms with van der Waals surface area (Å²) >= 11 is 3.53. The van der Waals surface area contributed by atoms with Gasteiger partial charge in [-0.2, -0.15) is 0 Å². The van der Waals surface area contributed by atoms with E-state index in [0.29, 0.717) is 0 Å². The van der Waals surface area contributed by atoms with Crippen molar-refractivity contribution >= 4 is 32.2 Å². The van der Waals surface area contributed by atoms with Crippen LogP contribution in [-0.4, -0.2) is 9.38 Å². The molecule has 2 heterocycles. The van der Waals surface area contributed by atoms with E-state index in [9.17, 15) is 0 Å². The number of aromatic nitrogens is 2. The van der Waals surface area contributed by atoms with E-state index < -0.39 is 0 Å². The molecule has 2 aromatic heterocycles. The van der Waals surface area contributed by atoms with E-state index in [-0.39, 0.29) is 0 Å². The number of pyridine rings is 1. The molecular weight excluding hydrogens is 312 g/mol. The Morgan fingerprint density at radius 2 is 1.65 bits per heavy atom. The molecule has 0 bridgehead atoms. The van der Waals surface area contributed by atoms with Crippen molar-refractivity contribution in [1.82, 2.24) is 9.38 Å². The summed E-state index contributed by atoms with van der Waals surface area (Å²) in [5, 5.41) is 2.48. The predicted molar refractivity (Wildman–Crippen MR) is 85.8 cm³/mol. The van der Waals surface area contributed by atoms with Crippen molar-refractivity contribution in [1.29, 1.82) is 0 Å². The summed E-state index contributed by atoms with van der Waals surface area (Å²) in [4.78, 5) is 4.65. The lowest BCUT2D eigenvalue weighted by atomic mass is 10.1. The van der Waals surface area contributed by atoms with Gasteiger partial charge in [-0.3, -0.25) is 4.40 Å². The summed E-state index contributed by atoms with van der Waals surface area (Å²) in [6.45, 7) is 0. The van der Waals surface area contributed by atoms with E-state index in [0.717, 1.165) is 21.5 Å². The van der Waals surface area contributed by atoms with Crippen molar-refractivity contribution in [3.05, 3.63) is 71.5 Å². The van der Waals surface area contributed by atoms with Crippen LogP contribution in [0.1, 0.15) is 0 Å². The van der Waals surface area contributed by atoms with Crippen LogP contribution in [0, 0.1) is 0 Å². The minimum absolute atomic E-state index is 0.876. The summed E-state index contributed by atoms with van der Waals surface area (Å²) in [5.41, 5.74) is 2.20. The first-order valence-electron chi connectivity index (χ1n) is 6.45. The third-order valence-corrected chi connectivity index (χ3v) is 4.09. The van der Waals surface area contributed by atoms with E-state index in [2.05, 4.69) is 73.8 Å². The van der Waals surface area contributed by atoms with Crippen LogP contribution < -0.4 is 0 Å². The fourth-order valence-corrected chi connectivity index (χ4v) is 3.02. The molecule has 2 aromatic carbocycles. The van der Waals surface area contributed by atoms with Crippen LogP contribution in [0.4, 0.5) is 0 Å². The lowest BCUT2D eigenvalue weighted by Gasteiger charge is -2.03. The summed E-state index contributed by atoms with van der Waals surface area (Å²) in [7, 11) is 0. The molecule has 0 saturated carbocycles. The Kier molecular flexibility index (Phi) is 2.60. The third-order valence-electron chi connectivity index (χ3n) is 3.51. The van der Waals surface area contributed by atoms with Crippen molar-refractivity contribution in [2.24, 2.45) is 0 Å². The first-order valence-corrected chi connectivity index (χ1v) is 7.24. The molecule has 0 unspecified atom stereocenters. The van der Waals surface area contributed by atoms with Crippen LogP contribution in [0.15, 0.2) is 71.5 Å². The van der Waals surface area contributed by atoms with Gasteiger partial charge in [0.15, 0.2) is 0 Å². The molecule has 3 heteroatoms. The molecule has 4 aromatic rings. The molecule has 0 aliphatic carbocycles. The van der Waals surface area contributed by atoms with Crippen molar-refractivity contribution < 1.29 is 0 Å². The quantitative estimate of drug-likeness (QED) is 0.486. The molecule has 0 aliphatic rings. The second kappa shape index (κ2) is 4.46. The summed E-state index contributed by atoms with van der Waals surface area (Å²) in [6, 6.07) is 20.9. The van der Waals surface area contributed by atoms with Crippen molar-refractivity contribution in [2.45, 2.75) is 0 Å². The highest BCUT2D eigenvalue weighted by Gasteiger charge is 2.10. The van der Waals surface area contributed by atoms with Gasteiger partial charge < -0.3 is 0 Å². The molecular formula is C17H11BrN2. The van der Waals surface area contributed by atoms with Gasteiger partial charge in [-0.1, -0.05) is 42.5 Å². The molecule has 96 valence electrons. The van der Waals surface area contributed by atoms with Gasteiger partial charge in [0.2, 0.25) is 0 Å². The predicted octanol–water partition coefficient (Wildman–Crippen LogP) is 4.92. The van der Waals surface area contributed by atoms with Crippen LogP contribution in [-0.2, 0) is 0 Å². The molecule has 20 heavy (non-hydrogen) atoms. The number of fused-ring (bicyclic) bond motifs is 2. The Labute approximate surface area is 124 Å². The molecule has 0 amide bonds. The van der Waals surface area contributed by atoms with E-state index in [1.54, 1.807) is 0 Å². The standard InChI is InChI=1S/C17H11BrN2/c18-16-15-7-3-4-10-20(15)17(19-16)14-9-8-12-5-1-2-6-13(12)11-14/h1-11H. The van der Waals surface area contributed by atoms with Crippen LogP contribution in [0.2, 0.25) is 0 Å². The first-order chi connectivity index (χ1) is 9.83. The van der Waals surface area contributed by atoms with E-state index in [1.807, 2.05) is 18.3 Å². The van der Waals surface area contributed by atoms with Crippen molar-refractivity contribution in [3.8, 4) is 11.4 Å². The molecule has 0 aliphatic heterocycles. The zero-order valence-corrected chi connectivity index (χ0v) is 12.2. The maximum Gasteiger partial charge on any atom is 0.145 e. The number of hydrogen-bond donors (Lipinski definition) is 0. The number of hydrogen-bond acceptors (Lipinski definition) is 1. The largest absolute Gasteiger partial charge is 0.299 e. The molecule has 0 atom stereocenters. The van der Waals surface area contributed by atoms with E-state index in [4.69, 9.17) is 0 Å². The molecule has 0 spiro atoms. The Morgan fingerprint density at radius 3 is 2.55 bits per heavy atom. The van der Waals surface area contributed by atoms with Gasteiger partial charge in [-0.25, -0.2) is 4.98 Å². The third kappa shape index (κ3) is 1.74. The average molecular weight is 323 g/mol. The van der Waals surface area contributed by atoms with E-state index >= 15 is 0 Å². The van der Waals surface area contributed by atoms with E-state index in [1.165, 1.54) is 10.8 Å². The molecule has 0 radical (unpaired) electrons. The van der Waals surface area contributed by atoms with Gasteiger partial charge in [0.1, 0.15) is 10.4 Å². The minimum atomic E-state index is 0.876. The van der Waals surface area contributed by atoms with Crippen LogP contribution in [0.25, 0.3) is 27.7 Å². The Bertz CT molecular complexity index is 924. The summed E-state index contributed by atoms with van der Waals surface area (Å²) in [5.74, 6) is 0.957. The number of benzene rings is 2. The molecule has 0 saturated heterocycles. The SMILES string of the molecule is Brc1nc(-c2ccc3ccccc3c2)n2ccccc12. The Morgan fingerprint density at radius 1 is 0.850 bits per heavy atom. The molecule has 2 nitrogen and oxygen atoms in total. The van der Waals surface area contributed by atoms with Gasteiger partial charge in [0.05, 0.1) is 5.52 Å². The highest BCUT2D eigenvalue weighted by molar-refractivity contribution is 9.10. The minimum Gasteiger partial charge on any atom is -0.299 e. The summed E-state index contributed by atoms with van der Waals surface area (Å²) < 4.78 is 2.98. The second-order valence-electron chi connectivity index (χ2n) is 4.74. The van der Waals surface area contributed by atoms with Crippen molar-refractivity contribution in [2.75, 3.05) is 0 Å². The normalized spacial score (nSPS) is 11.2. The van der Waals surface area contributed by atoms with Crippen molar-refractivity contribution in [3.63, 3.8) is 0 Å². The van der Waals surface area contributed by atoms with Crippen LogP contribution in [0.5, 0.6) is 0 Å². The lowest BCUT2D eigenvalue weighted by Crippen LogP contribution is -1.88. The number of imidazole rings is 1. The summed E-state index contributed by atoms with van der Waals surface area (Å²) in [6.07, 6.45) is 2.04. The highest BCUT2D eigenvalue weighted by atomic mass is 79.9. The zero-order valence-electron chi connectivity index (χ0n) is 10.6. The smallest absolute Gasteiger partial charge is 0.145 e. The number of rotatable bonds is 1. The maximum absolute atomic E-state index is 4.65. The van der Waals surface area contributed by atoms with Gasteiger partial charge in [0, 0.05) is 11.8 Å². The number of nitrogens with zero attached hydrogens (tertiary/aromatic N) is 2. The fourth-order valence-electron chi connectivity index (χ4n) is 2.53. The topological polar surface area (TPSA) is 17.3 Å². The average Bonchev–Trinajstić information content (AvgIpc) is 2.85.